The first-order chi connectivity index (χ1) is 6.73. The monoisotopic (exact) mass is 210 g/mol. The summed E-state index contributed by atoms with van der Waals surface area (Å²) in [5.41, 5.74) is 0.153. The summed E-state index contributed by atoms with van der Waals surface area (Å²) in [6.45, 7) is 3.21. The molecule has 76 valence electrons. The van der Waals surface area contributed by atoms with Crippen molar-refractivity contribution in [2.45, 2.75) is 25.2 Å². The van der Waals surface area contributed by atoms with Crippen molar-refractivity contribution >= 4 is 17.1 Å². The zero-order valence-electron chi connectivity index (χ0n) is 8.29. The smallest absolute Gasteiger partial charge is 0.129 e. The third kappa shape index (κ3) is 1.74. The standard InChI is InChI=1S/C11H14O2S/c1-9(12)4-5-11(7-13-8-11)10-3-2-6-14-10/h2-3,6H,4-5,7-8H2,1H3. The molecule has 1 aliphatic heterocycles. The molecular formula is C11H14O2S. The average Bonchev–Trinajstić information content (AvgIpc) is 2.55. The van der Waals surface area contributed by atoms with Crippen molar-refractivity contribution in [1.29, 1.82) is 0 Å². The molecular weight excluding hydrogens is 196 g/mol. The number of rotatable bonds is 4. The van der Waals surface area contributed by atoms with E-state index >= 15 is 0 Å². The van der Waals surface area contributed by atoms with Crippen molar-refractivity contribution in [3.63, 3.8) is 0 Å². The van der Waals surface area contributed by atoms with Gasteiger partial charge in [0.25, 0.3) is 0 Å². The van der Waals surface area contributed by atoms with Gasteiger partial charge in [-0.25, -0.2) is 0 Å². The first-order valence-corrected chi connectivity index (χ1v) is 5.72. The van der Waals surface area contributed by atoms with Crippen LogP contribution < -0.4 is 0 Å². The molecule has 3 heteroatoms. The first kappa shape index (κ1) is 9.87. The molecule has 1 saturated heterocycles. The number of carbonyl (C=O) groups excluding carboxylic acids is 1. The molecule has 0 radical (unpaired) electrons. The lowest BCUT2D eigenvalue weighted by Crippen LogP contribution is -2.46. The van der Waals surface area contributed by atoms with Gasteiger partial charge < -0.3 is 9.53 Å². The Morgan fingerprint density at radius 1 is 1.64 bits per heavy atom. The molecule has 0 bridgehead atoms. The second kappa shape index (κ2) is 3.83. The van der Waals surface area contributed by atoms with Gasteiger partial charge in [0.05, 0.1) is 18.6 Å². The fourth-order valence-corrected chi connectivity index (χ4v) is 2.68. The number of hydrogen-bond acceptors (Lipinski definition) is 3. The van der Waals surface area contributed by atoms with Crippen LogP contribution in [-0.4, -0.2) is 19.0 Å². The van der Waals surface area contributed by atoms with Gasteiger partial charge in [0, 0.05) is 11.3 Å². The molecule has 1 aliphatic rings. The van der Waals surface area contributed by atoms with Crippen LogP contribution in [0.2, 0.25) is 0 Å². The fraction of sp³-hybridized carbons (Fsp3) is 0.545. The van der Waals surface area contributed by atoms with E-state index < -0.39 is 0 Å². The average molecular weight is 210 g/mol. The van der Waals surface area contributed by atoms with Gasteiger partial charge >= 0.3 is 0 Å². The molecule has 14 heavy (non-hydrogen) atoms. The molecule has 0 aromatic carbocycles. The third-order valence-corrected chi connectivity index (χ3v) is 3.87. The highest BCUT2D eigenvalue weighted by atomic mass is 32.1. The van der Waals surface area contributed by atoms with E-state index in [0.717, 1.165) is 19.6 Å². The lowest BCUT2D eigenvalue weighted by Gasteiger charge is -2.40. The summed E-state index contributed by atoms with van der Waals surface area (Å²) >= 11 is 1.77. The van der Waals surface area contributed by atoms with Crippen LogP contribution in [0.3, 0.4) is 0 Å². The SMILES string of the molecule is CC(=O)CCC1(c2cccs2)COC1. The third-order valence-electron chi connectivity index (χ3n) is 2.76. The Morgan fingerprint density at radius 2 is 2.43 bits per heavy atom. The van der Waals surface area contributed by atoms with Crippen molar-refractivity contribution in [2.24, 2.45) is 0 Å². The van der Waals surface area contributed by atoms with Gasteiger partial charge in [-0.2, -0.15) is 0 Å². The van der Waals surface area contributed by atoms with Crippen LogP contribution in [-0.2, 0) is 14.9 Å². The Balaban J connectivity index is 2.07. The molecule has 0 atom stereocenters. The topological polar surface area (TPSA) is 26.3 Å². The predicted octanol–water partition coefficient (Wildman–Crippen LogP) is 2.39. The lowest BCUT2D eigenvalue weighted by molar-refractivity contribution is -0.119. The summed E-state index contributed by atoms with van der Waals surface area (Å²) in [4.78, 5) is 12.3. The summed E-state index contributed by atoms with van der Waals surface area (Å²) in [6, 6.07) is 4.21. The highest BCUT2D eigenvalue weighted by Crippen LogP contribution is 2.39. The van der Waals surface area contributed by atoms with E-state index in [2.05, 4.69) is 17.5 Å². The minimum atomic E-state index is 0.153. The quantitative estimate of drug-likeness (QED) is 0.762. The summed E-state index contributed by atoms with van der Waals surface area (Å²) in [7, 11) is 0. The number of carbonyl (C=O) groups is 1. The van der Waals surface area contributed by atoms with E-state index in [9.17, 15) is 4.79 Å². The van der Waals surface area contributed by atoms with Crippen molar-refractivity contribution in [2.75, 3.05) is 13.2 Å². The van der Waals surface area contributed by atoms with Crippen LogP contribution in [0, 0.1) is 0 Å². The number of thiophene rings is 1. The molecule has 0 amide bonds. The van der Waals surface area contributed by atoms with Gasteiger partial charge in [0.2, 0.25) is 0 Å². The molecule has 1 aromatic heterocycles. The fourth-order valence-electron chi connectivity index (χ4n) is 1.75. The second-order valence-electron chi connectivity index (χ2n) is 3.95. The maximum atomic E-state index is 11.0. The largest absolute Gasteiger partial charge is 0.379 e. The number of hydrogen-bond donors (Lipinski definition) is 0. The molecule has 2 heterocycles. The van der Waals surface area contributed by atoms with Crippen molar-refractivity contribution in [3.05, 3.63) is 22.4 Å². The van der Waals surface area contributed by atoms with E-state index in [1.807, 2.05) is 0 Å². The van der Waals surface area contributed by atoms with Crippen molar-refractivity contribution < 1.29 is 9.53 Å². The predicted molar refractivity (Wildman–Crippen MR) is 56.7 cm³/mol. The maximum Gasteiger partial charge on any atom is 0.129 e. The molecule has 0 spiro atoms. The van der Waals surface area contributed by atoms with Crippen molar-refractivity contribution in [1.82, 2.24) is 0 Å². The minimum absolute atomic E-state index is 0.153. The number of Topliss-reactive ketones (excluding diaryl/α,β-unsaturated/α-hetero) is 1. The zero-order valence-corrected chi connectivity index (χ0v) is 9.10. The van der Waals surface area contributed by atoms with Gasteiger partial charge in [-0.1, -0.05) is 6.07 Å². The molecule has 1 fully saturated rings. The van der Waals surface area contributed by atoms with Crippen LogP contribution in [0.15, 0.2) is 17.5 Å². The lowest BCUT2D eigenvalue weighted by atomic mass is 9.79. The highest BCUT2D eigenvalue weighted by molar-refractivity contribution is 7.10. The van der Waals surface area contributed by atoms with E-state index in [0.29, 0.717) is 6.42 Å². The molecule has 0 unspecified atom stereocenters. The number of ether oxygens (including phenoxy) is 1. The molecule has 2 nitrogen and oxygen atoms in total. The van der Waals surface area contributed by atoms with Gasteiger partial charge in [-0.15, -0.1) is 11.3 Å². The molecule has 0 saturated carbocycles. The first-order valence-electron chi connectivity index (χ1n) is 4.84. The normalized spacial score (nSPS) is 18.9. The molecule has 1 aromatic rings. The molecule has 0 aliphatic carbocycles. The maximum absolute atomic E-state index is 11.0. The summed E-state index contributed by atoms with van der Waals surface area (Å²) in [6.07, 6.45) is 1.60. The highest BCUT2D eigenvalue weighted by Gasteiger charge is 2.40. The summed E-state index contributed by atoms with van der Waals surface area (Å²) in [5, 5.41) is 2.09. The minimum Gasteiger partial charge on any atom is -0.379 e. The van der Waals surface area contributed by atoms with E-state index in [1.165, 1.54) is 4.88 Å². The van der Waals surface area contributed by atoms with Crippen LogP contribution in [0.4, 0.5) is 0 Å². The van der Waals surface area contributed by atoms with Crippen LogP contribution in [0.25, 0.3) is 0 Å². The summed E-state index contributed by atoms with van der Waals surface area (Å²) < 4.78 is 5.29. The zero-order chi connectivity index (χ0) is 10.0. The van der Waals surface area contributed by atoms with Gasteiger partial charge in [0.1, 0.15) is 5.78 Å². The van der Waals surface area contributed by atoms with E-state index in [-0.39, 0.29) is 11.2 Å². The van der Waals surface area contributed by atoms with Crippen LogP contribution in [0.5, 0.6) is 0 Å². The van der Waals surface area contributed by atoms with Gasteiger partial charge in [-0.05, 0) is 24.8 Å². The van der Waals surface area contributed by atoms with E-state index in [4.69, 9.17) is 4.74 Å². The van der Waals surface area contributed by atoms with Crippen LogP contribution >= 0.6 is 11.3 Å². The Kier molecular flexibility index (Phi) is 2.70. The van der Waals surface area contributed by atoms with E-state index in [1.54, 1.807) is 18.3 Å². The van der Waals surface area contributed by atoms with Gasteiger partial charge in [-0.3, -0.25) is 0 Å². The Bertz CT molecular complexity index is 312. The second-order valence-corrected chi connectivity index (χ2v) is 4.90. The Hall–Kier alpha value is -0.670. The molecule has 0 N–H and O–H groups in total. The van der Waals surface area contributed by atoms with Crippen molar-refractivity contribution in [3.8, 4) is 0 Å². The number of ketones is 1. The van der Waals surface area contributed by atoms with Crippen LogP contribution in [0.1, 0.15) is 24.6 Å². The molecule has 2 rings (SSSR count). The van der Waals surface area contributed by atoms with Gasteiger partial charge in [0.15, 0.2) is 0 Å². The summed E-state index contributed by atoms with van der Waals surface area (Å²) in [5.74, 6) is 0.271. The Labute approximate surface area is 87.9 Å². The Morgan fingerprint density at radius 3 is 2.86 bits per heavy atom.